The van der Waals surface area contributed by atoms with Gasteiger partial charge in [0.2, 0.25) is 0 Å². The lowest BCUT2D eigenvalue weighted by Gasteiger charge is -2.32. The number of carbonyl (C=O) groups excluding carboxylic acids is 1. The summed E-state index contributed by atoms with van der Waals surface area (Å²) in [5.41, 5.74) is 7.62. The Labute approximate surface area is 156 Å². The molecule has 7 heteroatoms. The van der Waals surface area contributed by atoms with Crippen LogP contribution in [0.25, 0.3) is 6.08 Å². The molecule has 0 spiro atoms. The highest BCUT2D eigenvalue weighted by Gasteiger charge is 2.52. The van der Waals surface area contributed by atoms with Crippen LogP contribution in [-0.4, -0.2) is 44.5 Å². The molecule has 0 atom stereocenters. The summed E-state index contributed by atoms with van der Waals surface area (Å²) in [5, 5.41) is 3.14. The van der Waals surface area contributed by atoms with Gasteiger partial charge in [0.05, 0.1) is 23.4 Å². The summed E-state index contributed by atoms with van der Waals surface area (Å²) in [6.07, 6.45) is 1.96. The van der Waals surface area contributed by atoms with Crippen molar-refractivity contribution in [3.8, 4) is 0 Å². The molecule has 1 aromatic carbocycles. The maximum absolute atomic E-state index is 12.1. The van der Waals surface area contributed by atoms with Gasteiger partial charge in [-0.2, -0.15) is 0 Å². The van der Waals surface area contributed by atoms with E-state index in [0.717, 1.165) is 11.0 Å². The van der Waals surface area contributed by atoms with E-state index < -0.39 is 24.3 Å². The van der Waals surface area contributed by atoms with Crippen molar-refractivity contribution in [2.45, 2.75) is 45.8 Å². The van der Waals surface area contributed by atoms with Crippen LogP contribution in [-0.2, 0) is 14.0 Å². The summed E-state index contributed by atoms with van der Waals surface area (Å²) in [6, 6.07) is 5.30. The molecule has 1 aliphatic heterocycles. The van der Waals surface area contributed by atoms with Gasteiger partial charge in [0, 0.05) is 12.2 Å². The van der Waals surface area contributed by atoms with E-state index in [1.54, 1.807) is 19.1 Å². The van der Waals surface area contributed by atoms with Gasteiger partial charge in [-0.15, -0.1) is 0 Å². The van der Waals surface area contributed by atoms with Crippen molar-refractivity contribution in [3.63, 3.8) is 0 Å². The first-order valence-electron chi connectivity index (χ1n) is 8.88. The second-order valence-corrected chi connectivity index (χ2v) is 7.40. The Hall–Kier alpha value is -1.83. The van der Waals surface area contributed by atoms with Gasteiger partial charge in [-0.3, -0.25) is 0 Å². The van der Waals surface area contributed by atoms with Crippen LogP contribution >= 0.6 is 0 Å². The maximum atomic E-state index is 12.1. The fraction of sp³-hybridized carbons (Fsp3) is 0.526. The first-order chi connectivity index (χ1) is 12.1. The molecule has 3 N–H and O–H groups in total. The molecule has 6 nitrogen and oxygen atoms in total. The molecule has 0 aromatic heterocycles. The molecule has 0 saturated carbocycles. The monoisotopic (exact) mass is 360 g/mol. The predicted octanol–water partition coefficient (Wildman–Crippen LogP) is 2.68. The summed E-state index contributed by atoms with van der Waals surface area (Å²) < 4.78 is 17.4. The number of benzene rings is 1. The van der Waals surface area contributed by atoms with Gasteiger partial charge in [-0.1, -0.05) is 12.1 Å². The molecular formula is C19H29BN2O4. The average Bonchev–Trinajstić information content (AvgIpc) is 2.77. The largest absolute Gasteiger partial charge is 0.491 e. The number of carbonyl (C=O) groups is 1. The minimum Gasteiger partial charge on any atom is -0.462 e. The van der Waals surface area contributed by atoms with Crippen molar-refractivity contribution in [1.29, 1.82) is 0 Å². The second kappa shape index (κ2) is 7.82. The number of nitrogens with one attached hydrogen (secondary N) is 1. The third-order valence-corrected chi connectivity index (χ3v) is 4.86. The molecule has 0 amide bonds. The first kappa shape index (κ1) is 20.5. The number of nitrogens with two attached hydrogens (primary N) is 1. The third kappa shape index (κ3) is 4.28. The van der Waals surface area contributed by atoms with E-state index in [2.05, 4.69) is 5.32 Å². The molecule has 1 aromatic rings. The zero-order valence-corrected chi connectivity index (χ0v) is 16.5. The van der Waals surface area contributed by atoms with Gasteiger partial charge in [0.1, 0.15) is 0 Å². The standard InChI is InChI=1S/C19H29BN2O4/c1-7-24-17(23)15-11-13(8-9-16(15)21)10-14(12-22-6)20-25-18(2,3)19(4,5)26-20/h8-11,22H,7,12,21H2,1-6H3. The van der Waals surface area contributed by atoms with Crippen molar-refractivity contribution in [3.05, 3.63) is 34.8 Å². The van der Waals surface area contributed by atoms with Crippen LogP contribution in [0.1, 0.15) is 50.5 Å². The van der Waals surface area contributed by atoms with Crippen molar-refractivity contribution < 1.29 is 18.8 Å². The van der Waals surface area contributed by atoms with Crippen LogP contribution in [0, 0.1) is 0 Å². The molecule has 1 fully saturated rings. The number of nitrogen functional groups attached to an aromatic ring is 1. The number of likely N-dealkylation sites (N-methyl/N-ethyl adjacent to an activating group) is 1. The van der Waals surface area contributed by atoms with Crippen LogP contribution in [0.4, 0.5) is 5.69 Å². The molecule has 0 unspecified atom stereocenters. The summed E-state index contributed by atoms with van der Waals surface area (Å²) in [6.45, 7) is 10.7. The third-order valence-electron chi connectivity index (χ3n) is 4.86. The van der Waals surface area contributed by atoms with E-state index in [1.165, 1.54) is 0 Å². The quantitative estimate of drug-likeness (QED) is 0.461. The topological polar surface area (TPSA) is 82.8 Å². The Morgan fingerprint density at radius 2 is 1.88 bits per heavy atom. The van der Waals surface area contributed by atoms with Crippen molar-refractivity contribution in [1.82, 2.24) is 5.32 Å². The van der Waals surface area contributed by atoms with Gasteiger partial charge < -0.3 is 25.1 Å². The van der Waals surface area contributed by atoms with Crippen molar-refractivity contribution >= 4 is 24.9 Å². The minimum atomic E-state index is -0.462. The van der Waals surface area contributed by atoms with Crippen LogP contribution in [0.15, 0.2) is 23.7 Å². The van der Waals surface area contributed by atoms with E-state index in [9.17, 15) is 4.79 Å². The highest BCUT2D eigenvalue weighted by molar-refractivity contribution is 6.55. The summed E-state index contributed by atoms with van der Waals surface area (Å²) in [5.74, 6) is -0.425. The van der Waals surface area contributed by atoms with Gasteiger partial charge in [0.25, 0.3) is 0 Å². The van der Waals surface area contributed by atoms with E-state index >= 15 is 0 Å². The minimum absolute atomic E-state index is 0.303. The van der Waals surface area contributed by atoms with Crippen molar-refractivity contribution in [2.24, 2.45) is 0 Å². The van der Waals surface area contributed by atoms with E-state index in [1.807, 2.05) is 46.9 Å². The average molecular weight is 360 g/mol. The molecule has 142 valence electrons. The number of hydrogen-bond donors (Lipinski definition) is 2. The number of esters is 1. The predicted molar refractivity (Wildman–Crippen MR) is 105 cm³/mol. The fourth-order valence-corrected chi connectivity index (χ4v) is 2.66. The van der Waals surface area contributed by atoms with Gasteiger partial charge in [-0.25, -0.2) is 4.79 Å². The number of ether oxygens (including phenoxy) is 1. The SMILES string of the molecule is CCOC(=O)c1cc(C=C(CNC)B2OC(C)(C)C(C)(C)O2)ccc1N. The molecular weight excluding hydrogens is 331 g/mol. The van der Waals surface area contributed by atoms with Gasteiger partial charge >= 0.3 is 13.1 Å². The Bertz CT molecular complexity index is 685. The molecule has 1 saturated heterocycles. The van der Waals surface area contributed by atoms with Crippen LogP contribution < -0.4 is 11.1 Å². The molecule has 2 rings (SSSR count). The zero-order chi connectivity index (χ0) is 19.5. The maximum Gasteiger partial charge on any atom is 0.491 e. The van der Waals surface area contributed by atoms with Crippen LogP contribution in [0.5, 0.6) is 0 Å². The molecule has 0 bridgehead atoms. The summed E-state index contributed by atoms with van der Waals surface area (Å²) in [4.78, 5) is 12.1. The Kier molecular flexibility index (Phi) is 6.16. The Morgan fingerprint density at radius 3 is 2.42 bits per heavy atom. The lowest BCUT2D eigenvalue weighted by Crippen LogP contribution is -2.41. The lowest BCUT2D eigenvalue weighted by atomic mass is 9.77. The van der Waals surface area contributed by atoms with Gasteiger partial charge in [0.15, 0.2) is 0 Å². The van der Waals surface area contributed by atoms with Crippen molar-refractivity contribution in [2.75, 3.05) is 25.9 Å². The highest BCUT2D eigenvalue weighted by Crippen LogP contribution is 2.38. The molecule has 0 aliphatic carbocycles. The first-order valence-corrected chi connectivity index (χ1v) is 8.88. The number of anilines is 1. The molecule has 1 aliphatic rings. The molecule has 0 radical (unpaired) electrons. The molecule has 26 heavy (non-hydrogen) atoms. The highest BCUT2D eigenvalue weighted by atomic mass is 16.7. The van der Waals surface area contributed by atoms with E-state index in [0.29, 0.717) is 24.4 Å². The summed E-state index contributed by atoms with van der Waals surface area (Å²) in [7, 11) is 1.41. The van der Waals surface area contributed by atoms with Crippen LogP contribution in [0.2, 0.25) is 0 Å². The summed E-state index contributed by atoms with van der Waals surface area (Å²) >= 11 is 0. The number of hydrogen-bond acceptors (Lipinski definition) is 6. The van der Waals surface area contributed by atoms with Crippen LogP contribution in [0.3, 0.4) is 0 Å². The van der Waals surface area contributed by atoms with E-state index in [4.69, 9.17) is 19.8 Å². The second-order valence-electron chi connectivity index (χ2n) is 7.40. The zero-order valence-electron chi connectivity index (χ0n) is 16.5. The van der Waals surface area contributed by atoms with Gasteiger partial charge in [-0.05, 0) is 64.8 Å². The lowest BCUT2D eigenvalue weighted by molar-refractivity contribution is 0.00578. The Balaban J connectivity index is 2.35. The number of rotatable bonds is 6. The fourth-order valence-electron chi connectivity index (χ4n) is 2.66. The normalized spacial score (nSPS) is 18.8. The smallest absolute Gasteiger partial charge is 0.462 e. The molecule has 1 heterocycles. The Morgan fingerprint density at radius 1 is 1.27 bits per heavy atom. The van der Waals surface area contributed by atoms with E-state index in [-0.39, 0.29) is 0 Å².